The monoisotopic (exact) mass is 443 g/mol. The van der Waals surface area contributed by atoms with Crippen molar-refractivity contribution >= 4 is 22.8 Å². The van der Waals surface area contributed by atoms with Gasteiger partial charge in [-0.25, -0.2) is 19.5 Å². The van der Waals surface area contributed by atoms with Gasteiger partial charge < -0.3 is 25.8 Å². The molecular weight excluding hydrogens is 416 g/mol. The van der Waals surface area contributed by atoms with E-state index in [2.05, 4.69) is 15.0 Å². The number of nitrogens with two attached hydrogens (primary N) is 1. The first kappa shape index (κ1) is 22.2. The summed E-state index contributed by atoms with van der Waals surface area (Å²) in [4.78, 5) is 24.0. The first-order valence-corrected chi connectivity index (χ1v) is 10.5. The third kappa shape index (κ3) is 3.84. The fourth-order valence-corrected chi connectivity index (χ4v) is 4.22. The van der Waals surface area contributed by atoms with Crippen LogP contribution in [0.3, 0.4) is 0 Å². The fraction of sp³-hybridized carbons (Fsp3) is 0.476. The summed E-state index contributed by atoms with van der Waals surface area (Å²) in [6.07, 6.45) is 4.53. The van der Waals surface area contributed by atoms with Gasteiger partial charge in [-0.1, -0.05) is 0 Å². The Morgan fingerprint density at radius 2 is 2.12 bits per heavy atom. The lowest BCUT2D eigenvalue weighted by Crippen LogP contribution is -2.45. The average Bonchev–Trinajstić information content (AvgIpc) is 3.33. The van der Waals surface area contributed by atoms with Gasteiger partial charge in [-0.3, -0.25) is 9.36 Å². The molecule has 0 aliphatic carbocycles. The molecule has 0 radical (unpaired) electrons. The second-order valence-corrected chi connectivity index (χ2v) is 8.01. The van der Waals surface area contributed by atoms with Crippen molar-refractivity contribution in [2.75, 3.05) is 12.3 Å². The van der Waals surface area contributed by atoms with Gasteiger partial charge in [0.05, 0.1) is 18.5 Å². The van der Waals surface area contributed by atoms with Gasteiger partial charge in [-0.2, -0.15) is 0 Å². The van der Waals surface area contributed by atoms with Crippen LogP contribution in [-0.4, -0.2) is 65.5 Å². The Morgan fingerprint density at radius 1 is 1.31 bits per heavy atom. The van der Waals surface area contributed by atoms with Crippen LogP contribution in [0.4, 0.5) is 5.82 Å². The van der Waals surface area contributed by atoms with E-state index in [1.165, 1.54) is 19.6 Å². The number of anilines is 1. The Balaban J connectivity index is 1.58. The number of rotatable bonds is 8. The van der Waals surface area contributed by atoms with Crippen molar-refractivity contribution in [3.63, 3.8) is 0 Å². The number of nitrogens with zero attached hydrogens (tertiary/aromatic N) is 5. The molecule has 4 atom stereocenters. The lowest BCUT2D eigenvalue weighted by Gasteiger charge is -2.33. The quantitative estimate of drug-likeness (QED) is 0.205. The number of aliphatic hydroxyl groups excluding tert-OH is 3. The molecule has 0 unspecified atom stereocenters. The Kier molecular flexibility index (Phi) is 6.15. The molecule has 0 aromatic carbocycles. The van der Waals surface area contributed by atoms with Crippen LogP contribution in [0.5, 0.6) is 0 Å². The smallest absolute Gasteiger partial charge is 0.179 e. The maximum atomic E-state index is 11.6. The number of hydrogen-bond acceptors (Lipinski definition) is 9. The number of aromatic nitrogens is 5. The highest BCUT2D eigenvalue weighted by Crippen LogP contribution is 2.41. The standard InChI is InChI=1S/C21H27N6O5/c1-13(29)14-5-4-8-26(9-14)7-3-2-6-21(18(31)17(30)15(10-28)32-21)27-12-25-16-19(22)23-11-24-20(16)27/h4-5,8-9,11-12,15,17-18,28,30-31H,2-3,6-7,10H2,1H3,(H2,22,23,24)/q+1/t15-,17-,18-,21-/m1/s1. The number of aliphatic hydroxyl groups is 3. The molecule has 0 bridgehead atoms. The number of ether oxygens (including phenoxy) is 1. The molecule has 1 saturated heterocycles. The van der Waals surface area contributed by atoms with Crippen LogP contribution in [0.1, 0.15) is 36.5 Å². The molecule has 4 heterocycles. The Labute approximate surface area is 184 Å². The maximum absolute atomic E-state index is 11.6. The van der Waals surface area contributed by atoms with Crippen LogP contribution in [0.25, 0.3) is 11.2 Å². The van der Waals surface area contributed by atoms with Gasteiger partial charge in [0.2, 0.25) is 0 Å². The predicted octanol–water partition coefficient (Wildman–Crippen LogP) is -0.465. The summed E-state index contributed by atoms with van der Waals surface area (Å²) in [7, 11) is 0. The number of aryl methyl sites for hydroxylation is 1. The van der Waals surface area contributed by atoms with E-state index in [1.807, 2.05) is 16.8 Å². The lowest BCUT2D eigenvalue weighted by molar-refractivity contribution is -0.697. The van der Waals surface area contributed by atoms with Crippen LogP contribution in [-0.2, 0) is 17.0 Å². The predicted molar refractivity (Wildman–Crippen MR) is 112 cm³/mol. The highest BCUT2D eigenvalue weighted by molar-refractivity contribution is 5.93. The Bertz CT molecular complexity index is 1120. The van der Waals surface area contributed by atoms with E-state index < -0.39 is 30.6 Å². The summed E-state index contributed by atoms with van der Waals surface area (Å²) in [6.45, 7) is 1.73. The lowest BCUT2D eigenvalue weighted by atomic mass is 9.96. The molecule has 11 nitrogen and oxygen atoms in total. The number of hydrogen-bond donors (Lipinski definition) is 4. The summed E-state index contributed by atoms with van der Waals surface area (Å²) in [6, 6.07) is 3.59. The van der Waals surface area contributed by atoms with Crippen LogP contribution in [0.2, 0.25) is 0 Å². The second kappa shape index (κ2) is 8.87. The number of pyridine rings is 1. The van der Waals surface area contributed by atoms with Gasteiger partial charge in [-0.15, -0.1) is 0 Å². The molecule has 3 aromatic heterocycles. The van der Waals surface area contributed by atoms with Crippen molar-refractivity contribution in [3.05, 3.63) is 42.7 Å². The number of carbonyl (C=O) groups is 1. The summed E-state index contributed by atoms with van der Waals surface area (Å²) in [5, 5.41) is 31.1. The van der Waals surface area contributed by atoms with Crippen molar-refractivity contribution < 1.29 is 29.4 Å². The molecule has 11 heteroatoms. The van der Waals surface area contributed by atoms with Gasteiger partial charge in [0.15, 0.2) is 35.4 Å². The van der Waals surface area contributed by atoms with Gasteiger partial charge in [-0.05, 0) is 25.8 Å². The zero-order chi connectivity index (χ0) is 22.9. The summed E-state index contributed by atoms with van der Waals surface area (Å²) >= 11 is 0. The second-order valence-electron chi connectivity index (χ2n) is 8.01. The molecule has 1 fully saturated rings. The first-order valence-electron chi connectivity index (χ1n) is 10.5. The molecule has 0 spiro atoms. The first-order chi connectivity index (χ1) is 15.4. The zero-order valence-corrected chi connectivity index (χ0v) is 17.7. The topological polar surface area (TPSA) is 160 Å². The third-order valence-corrected chi connectivity index (χ3v) is 5.94. The summed E-state index contributed by atoms with van der Waals surface area (Å²) < 4.78 is 9.53. The third-order valence-electron chi connectivity index (χ3n) is 5.94. The van der Waals surface area contributed by atoms with E-state index in [9.17, 15) is 20.1 Å². The molecule has 32 heavy (non-hydrogen) atoms. The maximum Gasteiger partial charge on any atom is 0.179 e. The molecule has 0 amide bonds. The van der Waals surface area contributed by atoms with Gasteiger partial charge in [0, 0.05) is 12.5 Å². The summed E-state index contributed by atoms with van der Waals surface area (Å²) in [5.41, 5.74) is 5.88. The van der Waals surface area contributed by atoms with E-state index >= 15 is 0 Å². The Hall–Kier alpha value is -2.99. The average molecular weight is 443 g/mol. The van der Waals surface area contributed by atoms with E-state index in [0.29, 0.717) is 42.5 Å². The molecule has 1 aliphatic heterocycles. The van der Waals surface area contributed by atoms with Crippen molar-refractivity contribution in [3.8, 4) is 0 Å². The van der Waals surface area contributed by atoms with Crippen LogP contribution >= 0.6 is 0 Å². The molecule has 1 aliphatic rings. The molecule has 0 saturated carbocycles. The molecule has 4 rings (SSSR count). The van der Waals surface area contributed by atoms with Crippen molar-refractivity contribution in [2.45, 2.75) is 56.8 Å². The number of carbonyl (C=O) groups excluding carboxylic acids is 1. The highest BCUT2D eigenvalue weighted by Gasteiger charge is 2.55. The SMILES string of the molecule is CC(=O)c1ccc[n+](CCCC[C@@]2(n3cnc4c(N)ncnc43)O[C@H](CO)[C@@H](O)[C@H]2O)c1. The van der Waals surface area contributed by atoms with Crippen molar-refractivity contribution in [1.29, 1.82) is 0 Å². The molecule has 5 N–H and O–H groups in total. The van der Waals surface area contributed by atoms with E-state index in [1.54, 1.807) is 16.8 Å². The number of fused-ring (bicyclic) bond motifs is 1. The minimum absolute atomic E-state index is 0.00179. The van der Waals surface area contributed by atoms with Crippen LogP contribution in [0, 0.1) is 0 Å². The van der Waals surface area contributed by atoms with E-state index in [-0.39, 0.29) is 11.6 Å². The van der Waals surface area contributed by atoms with Gasteiger partial charge in [0.25, 0.3) is 0 Å². The zero-order valence-electron chi connectivity index (χ0n) is 17.7. The molecule has 170 valence electrons. The fourth-order valence-electron chi connectivity index (χ4n) is 4.22. The normalized spacial score (nSPS) is 25.4. The number of Topliss-reactive ketones (excluding diaryl/α,β-unsaturated/α-hetero) is 1. The number of unbranched alkanes of at least 4 members (excludes halogenated alkanes) is 1. The Morgan fingerprint density at radius 3 is 2.84 bits per heavy atom. The largest absolute Gasteiger partial charge is 0.394 e. The van der Waals surface area contributed by atoms with Gasteiger partial charge >= 0.3 is 0 Å². The minimum Gasteiger partial charge on any atom is -0.394 e. The molecule has 3 aromatic rings. The van der Waals surface area contributed by atoms with Gasteiger partial charge in [0.1, 0.15) is 36.7 Å². The molecular formula is C21H27N6O5+. The number of ketones is 1. The number of imidazole rings is 1. The van der Waals surface area contributed by atoms with Crippen LogP contribution in [0.15, 0.2) is 37.2 Å². The highest BCUT2D eigenvalue weighted by atomic mass is 16.6. The van der Waals surface area contributed by atoms with Crippen LogP contribution < -0.4 is 10.3 Å². The van der Waals surface area contributed by atoms with Crippen molar-refractivity contribution in [1.82, 2.24) is 19.5 Å². The number of nitrogen functional groups attached to an aromatic ring is 1. The van der Waals surface area contributed by atoms with E-state index in [4.69, 9.17) is 10.5 Å². The summed E-state index contributed by atoms with van der Waals surface area (Å²) in [5.74, 6) is 0.190. The minimum atomic E-state index is -1.38. The van der Waals surface area contributed by atoms with Crippen molar-refractivity contribution in [2.24, 2.45) is 0 Å². The van der Waals surface area contributed by atoms with E-state index in [0.717, 1.165) is 0 Å².